The van der Waals surface area contributed by atoms with Crippen molar-refractivity contribution in [3.8, 4) is 12.3 Å². The number of rotatable bonds is 14. The van der Waals surface area contributed by atoms with Gasteiger partial charge in [0, 0.05) is 42.5 Å². The molecular weight excluding hydrogens is 593 g/mol. The van der Waals surface area contributed by atoms with Gasteiger partial charge in [-0.25, -0.2) is 9.59 Å². The number of H-pyrrole nitrogens is 1. The summed E-state index contributed by atoms with van der Waals surface area (Å²) in [5.41, 5.74) is 3.09. The maximum Gasteiger partial charge on any atom is 0.408 e. The quantitative estimate of drug-likeness (QED) is 0.0893. The fraction of sp³-hybridized carbons (Fsp3) is 0.265. The van der Waals surface area contributed by atoms with E-state index in [2.05, 4.69) is 21.5 Å². The van der Waals surface area contributed by atoms with Crippen molar-refractivity contribution < 1.29 is 33.3 Å². The van der Waals surface area contributed by atoms with Gasteiger partial charge in [-0.05, 0) is 22.8 Å². The van der Waals surface area contributed by atoms with Crippen molar-refractivity contribution in [3.63, 3.8) is 0 Å². The topological polar surface area (TPSA) is 147 Å². The maximum atomic E-state index is 13.9. The maximum absolute atomic E-state index is 13.9. The summed E-state index contributed by atoms with van der Waals surface area (Å²) in [5.74, 6) is -1.37. The average Bonchev–Trinajstić information content (AvgIpc) is 3.46. The van der Waals surface area contributed by atoms with E-state index in [4.69, 9.17) is 15.9 Å². The number of para-hydroxylation sites is 1. The molecule has 1 heterocycles. The van der Waals surface area contributed by atoms with Crippen LogP contribution in [0.3, 0.4) is 0 Å². The zero-order valence-electron chi connectivity index (χ0n) is 24.8. The SMILES string of the molecule is C#CC[C@@H](CP(=O)(O)[C@H](Cc1ccccc1)NC(=O)OCc1ccccc1)C(=O)N[C@@H](Cc1c[nH]c2ccccc12)C(=O)OC. The zero-order chi connectivity index (χ0) is 32.2. The molecule has 4 rings (SSSR count). The van der Waals surface area contributed by atoms with E-state index in [0.29, 0.717) is 5.56 Å². The minimum absolute atomic E-state index is 0.00476. The van der Waals surface area contributed by atoms with E-state index in [1.807, 2.05) is 30.3 Å². The number of benzene rings is 3. The number of hydrogen-bond donors (Lipinski definition) is 4. The molecule has 234 valence electrons. The summed E-state index contributed by atoms with van der Waals surface area (Å²) in [6.45, 7) is -0.0338. The highest BCUT2D eigenvalue weighted by molar-refractivity contribution is 7.58. The van der Waals surface area contributed by atoms with Crippen molar-refractivity contribution >= 4 is 36.2 Å². The van der Waals surface area contributed by atoms with E-state index in [9.17, 15) is 23.8 Å². The Morgan fingerprint density at radius 3 is 2.24 bits per heavy atom. The van der Waals surface area contributed by atoms with Crippen LogP contribution in [0, 0.1) is 18.3 Å². The lowest BCUT2D eigenvalue weighted by molar-refractivity contribution is -0.145. The molecule has 0 saturated carbocycles. The summed E-state index contributed by atoms with van der Waals surface area (Å²) >= 11 is 0. The molecule has 4 aromatic rings. The Kier molecular flexibility index (Phi) is 11.6. The zero-order valence-corrected chi connectivity index (χ0v) is 25.7. The number of terminal acetylenes is 1. The molecule has 1 aromatic heterocycles. The second-order valence-electron chi connectivity index (χ2n) is 10.6. The number of aromatic amines is 1. The lowest BCUT2D eigenvalue weighted by atomic mass is 10.0. The molecule has 10 nitrogen and oxygen atoms in total. The van der Waals surface area contributed by atoms with E-state index >= 15 is 0 Å². The number of methoxy groups -OCH3 is 1. The van der Waals surface area contributed by atoms with E-state index in [-0.39, 0.29) is 25.9 Å². The minimum Gasteiger partial charge on any atom is -0.467 e. The Bertz CT molecular complexity index is 1680. The van der Waals surface area contributed by atoms with Crippen LogP contribution in [0.2, 0.25) is 0 Å². The Hall–Kier alpha value is -4.84. The van der Waals surface area contributed by atoms with Gasteiger partial charge in [-0.1, -0.05) is 78.9 Å². The molecule has 0 saturated heterocycles. The van der Waals surface area contributed by atoms with E-state index < -0.39 is 49.2 Å². The lowest BCUT2D eigenvalue weighted by Crippen LogP contribution is -2.46. The highest BCUT2D eigenvalue weighted by Gasteiger charge is 2.38. The molecule has 3 aromatic carbocycles. The standard InChI is InChI=1S/C34H36N3O7P/c1-3-12-26(32(38)36-30(33(39)43-2)20-27-21-35-29-18-11-10-17-28(27)29)23-45(41,42)31(19-24-13-6-4-7-14-24)37-34(40)44-22-25-15-8-5-9-16-25/h1,4-11,13-18,21,26,30-31,35H,12,19-20,22-23H2,2H3,(H,36,38)(H,37,40)(H,41,42)/t26-,30-,31+/m0/s1. The Morgan fingerprint density at radius 1 is 0.933 bits per heavy atom. The minimum atomic E-state index is -4.31. The number of hydrogen-bond acceptors (Lipinski definition) is 6. The second-order valence-corrected chi connectivity index (χ2v) is 13.1. The summed E-state index contributed by atoms with van der Waals surface area (Å²) in [6.07, 6.45) is 5.85. The summed E-state index contributed by atoms with van der Waals surface area (Å²) in [7, 11) is -3.09. The van der Waals surface area contributed by atoms with Gasteiger partial charge in [-0.3, -0.25) is 9.36 Å². The second kappa shape index (κ2) is 15.8. The number of carbonyl (C=O) groups excluding carboxylic acids is 3. The average molecular weight is 630 g/mol. The lowest BCUT2D eigenvalue weighted by Gasteiger charge is -2.27. The van der Waals surface area contributed by atoms with Crippen molar-refractivity contribution in [2.24, 2.45) is 5.92 Å². The molecule has 0 aliphatic carbocycles. The van der Waals surface area contributed by atoms with Crippen LogP contribution in [0.4, 0.5) is 4.79 Å². The number of amides is 2. The van der Waals surface area contributed by atoms with Crippen LogP contribution in [0.25, 0.3) is 10.9 Å². The van der Waals surface area contributed by atoms with Crippen LogP contribution < -0.4 is 10.6 Å². The number of fused-ring (bicyclic) bond motifs is 1. The van der Waals surface area contributed by atoms with Gasteiger partial charge in [0.2, 0.25) is 13.3 Å². The first kappa shape index (κ1) is 33.1. The normalized spacial score (nSPS) is 14.2. The van der Waals surface area contributed by atoms with E-state index in [1.165, 1.54) is 7.11 Å². The first-order valence-corrected chi connectivity index (χ1v) is 16.3. The third-order valence-electron chi connectivity index (χ3n) is 7.37. The van der Waals surface area contributed by atoms with Crippen LogP contribution >= 0.6 is 7.37 Å². The molecule has 45 heavy (non-hydrogen) atoms. The van der Waals surface area contributed by atoms with Gasteiger partial charge < -0.3 is 30.0 Å². The molecule has 1 unspecified atom stereocenters. The summed E-state index contributed by atoms with van der Waals surface area (Å²) < 4.78 is 24.2. The Balaban J connectivity index is 1.50. The Morgan fingerprint density at radius 2 is 1.58 bits per heavy atom. The molecule has 0 radical (unpaired) electrons. The highest BCUT2D eigenvalue weighted by atomic mass is 31.2. The van der Waals surface area contributed by atoms with Crippen LogP contribution in [0.5, 0.6) is 0 Å². The van der Waals surface area contributed by atoms with Gasteiger partial charge in [0.1, 0.15) is 18.4 Å². The molecule has 2 amide bonds. The van der Waals surface area contributed by atoms with Crippen LogP contribution in [0.15, 0.2) is 91.1 Å². The first-order chi connectivity index (χ1) is 21.7. The van der Waals surface area contributed by atoms with Gasteiger partial charge in [0.25, 0.3) is 0 Å². The van der Waals surface area contributed by atoms with Gasteiger partial charge in [-0.15, -0.1) is 12.3 Å². The number of nitrogens with one attached hydrogen (secondary N) is 3. The van der Waals surface area contributed by atoms with Gasteiger partial charge in [0.15, 0.2) is 0 Å². The molecule has 0 bridgehead atoms. The molecule has 11 heteroatoms. The fourth-order valence-electron chi connectivity index (χ4n) is 5.00. The van der Waals surface area contributed by atoms with Crippen molar-refractivity contribution in [1.82, 2.24) is 15.6 Å². The predicted molar refractivity (Wildman–Crippen MR) is 171 cm³/mol. The summed E-state index contributed by atoms with van der Waals surface area (Å²) in [4.78, 5) is 53.5. The van der Waals surface area contributed by atoms with Crippen LogP contribution in [-0.2, 0) is 43.1 Å². The molecule has 0 aliphatic rings. The largest absolute Gasteiger partial charge is 0.467 e. The highest BCUT2D eigenvalue weighted by Crippen LogP contribution is 2.48. The van der Waals surface area contributed by atoms with Gasteiger partial charge in [-0.2, -0.15) is 0 Å². The van der Waals surface area contributed by atoms with Crippen molar-refractivity contribution in [1.29, 1.82) is 0 Å². The molecule has 0 fully saturated rings. The Labute approximate surface area is 262 Å². The fourth-order valence-corrected chi connectivity index (χ4v) is 6.99. The number of alkyl carbamates (subject to hydrolysis) is 1. The first-order valence-electron chi connectivity index (χ1n) is 14.4. The number of aromatic nitrogens is 1. The number of ether oxygens (including phenoxy) is 2. The van der Waals surface area contributed by atoms with Gasteiger partial charge >= 0.3 is 12.1 Å². The molecule has 4 N–H and O–H groups in total. The van der Waals surface area contributed by atoms with Crippen LogP contribution in [0.1, 0.15) is 23.1 Å². The third-order valence-corrected chi connectivity index (χ3v) is 9.62. The summed E-state index contributed by atoms with van der Waals surface area (Å²) in [6, 6.07) is 24.4. The summed E-state index contributed by atoms with van der Waals surface area (Å²) in [5, 5.41) is 6.10. The molecule has 0 aliphatic heterocycles. The van der Waals surface area contributed by atoms with Crippen molar-refractivity contribution in [3.05, 3.63) is 108 Å². The van der Waals surface area contributed by atoms with Crippen molar-refractivity contribution in [2.75, 3.05) is 13.3 Å². The van der Waals surface area contributed by atoms with E-state index in [1.54, 1.807) is 60.8 Å². The monoisotopic (exact) mass is 629 g/mol. The third kappa shape index (κ3) is 9.32. The number of carbonyl (C=O) groups is 3. The van der Waals surface area contributed by atoms with Gasteiger partial charge in [0.05, 0.1) is 13.0 Å². The predicted octanol–water partition coefficient (Wildman–Crippen LogP) is 4.77. The molecule has 4 atom stereocenters. The van der Waals surface area contributed by atoms with Crippen LogP contribution in [-0.4, -0.2) is 52.9 Å². The smallest absolute Gasteiger partial charge is 0.408 e. The number of esters is 1. The van der Waals surface area contributed by atoms with E-state index in [0.717, 1.165) is 22.0 Å². The molecular formula is C34H36N3O7P. The van der Waals surface area contributed by atoms with Crippen molar-refractivity contribution in [2.45, 2.75) is 37.7 Å². The molecule has 0 spiro atoms.